The Morgan fingerprint density at radius 1 is 1.23 bits per heavy atom. The van der Waals surface area contributed by atoms with Crippen molar-refractivity contribution >= 4 is 17.5 Å². The molecule has 160 valence electrons. The highest BCUT2D eigenvalue weighted by Gasteiger charge is 2.67. The molecule has 30 heavy (non-hydrogen) atoms. The minimum Gasteiger partial charge on any atom is -0.360 e. The predicted octanol–water partition coefficient (Wildman–Crippen LogP) is 1.97. The zero-order chi connectivity index (χ0) is 21.2. The monoisotopic (exact) mass is 413 g/mol. The largest absolute Gasteiger partial charge is 0.360 e. The van der Waals surface area contributed by atoms with Gasteiger partial charge in [-0.05, 0) is 44.5 Å². The van der Waals surface area contributed by atoms with E-state index in [1.807, 2.05) is 17.1 Å². The number of hydrogen-bond donors (Lipinski definition) is 0. The molecule has 1 aromatic carbocycles. The fourth-order valence-corrected chi connectivity index (χ4v) is 5.58. The molecule has 0 radical (unpaired) electrons. The maximum absolute atomic E-state index is 13.6. The lowest BCUT2D eigenvalue weighted by Gasteiger charge is -2.39. The SMILES string of the molecule is Cc1cc(F)ccc1N1C[C@]23C=C[C@H](O2)[C@H](C(=O)N2CCN(C(C)C)CC2)[C@H]3C1=O. The van der Waals surface area contributed by atoms with Crippen LogP contribution < -0.4 is 4.90 Å². The molecule has 2 bridgehead atoms. The lowest BCUT2D eigenvalue weighted by molar-refractivity contribution is -0.142. The van der Waals surface area contributed by atoms with Crippen molar-refractivity contribution in [3.05, 3.63) is 41.7 Å². The molecule has 0 N–H and O–H groups in total. The Kier molecular flexibility index (Phi) is 4.52. The first-order valence-corrected chi connectivity index (χ1v) is 10.8. The van der Waals surface area contributed by atoms with Gasteiger partial charge < -0.3 is 14.5 Å². The summed E-state index contributed by atoms with van der Waals surface area (Å²) in [5, 5.41) is 0. The van der Waals surface area contributed by atoms with Gasteiger partial charge in [-0.3, -0.25) is 14.5 Å². The molecule has 2 amide bonds. The molecule has 6 nitrogen and oxygen atoms in total. The average Bonchev–Trinajstić information content (AvgIpc) is 3.36. The van der Waals surface area contributed by atoms with E-state index >= 15 is 0 Å². The summed E-state index contributed by atoms with van der Waals surface area (Å²) >= 11 is 0. The first-order chi connectivity index (χ1) is 14.3. The van der Waals surface area contributed by atoms with Gasteiger partial charge in [0.1, 0.15) is 11.4 Å². The molecule has 0 unspecified atom stereocenters. The van der Waals surface area contributed by atoms with Crippen molar-refractivity contribution in [3.63, 3.8) is 0 Å². The van der Waals surface area contributed by atoms with Crippen LogP contribution in [0.4, 0.5) is 10.1 Å². The minimum absolute atomic E-state index is 0.0191. The number of anilines is 1. The molecule has 1 spiro atoms. The number of ether oxygens (including phenoxy) is 1. The van der Waals surface area contributed by atoms with E-state index in [9.17, 15) is 14.0 Å². The Bertz CT molecular complexity index is 924. The highest BCUT2D eigenvalue weighted by atomic mass is 19.1. The minimum atomic E-state index is -0.761. The van der Waals surface area contributed by atoms with Crippen molar-refractivity contribution in [3.8, 4) is 0 Å². The molecule has 1 aromatic rings. The Labute approximate surface area is 176 Å². The van der Waals surface area contributed by atoms with Crippen molar-refractivity contribution in [2.24, 2.45) is 11.8 Å². The van der Waals surface area contributed by atoms with Gasteiger partial charge in [-0.15, -0.1) is 0 Å². The smallest absolute Gasteiger partial charge is 0.234 e. The highest BCUT2D eigenvalue weighted by Crippen LogP contribution is 2.53. The quantitative estimate of drug-likeness (QED) is 0.711. The molecule has 0 aliphatic carbocycles. The van der Waals surface area contributed by atoms with Gasteiger partial charge in [-0.2, -0.15) is 0 Å². The number of benzene rings is 1. The van der Waals surface area contributed by atoms with Gasteiger partial charge in [0.05, 0.1) is 24.5 Å². The van der Waals surface area contributed by atoms with Gasteiger partial charge in [-0.25, -0.2) is 4.39 Å². The van der Waals surface area contributed by atoms with Crippen LogP contribution in [0, 0.1) is 24.6 Å². The number of rotatable bonds is 3. The van der Waals surface area contributed by atoms with Crippen molar-refractivity contribution in [1.82, 2.24) is 9.80 Å². The van der Waals surface area contributed by atoms with E-state index in [-0.39, 0.29) is 23.7 Å². The summed E-state index contributed by atoms with van der Waals surface area (Å²) in [5.74, 6) is -1.42. The van der Waals surface area contributed by atoms with Gasteiger partial charge in [0.25, 0.3) is 0 Å². The van der Waals surface area contributed by atoms with E-state index in [2.05, 4.69) is 18.7 Å². The number of nitrogens with zero attached hydrogens (tertiary/aromatic N) is 3. The summed E-state index contributed by atoms with van der Waals surface area (Å²) in [6, 6.07) is 4.90. The highest BCUT2D eigenvalue weighted by molar-refractivity contribution is 6.03. The van der Waals surface area contributed by atoms with Crippen molar-refractivity contribution in [1.29, 1.82) is 0 Å². The predicted molar refractivity (Wildman–Crippen MR) is 111 cm³/mol. The van der Waals surface area contributed by atoms with Gasteiger partial charge in [0.2, 0.25) is 11.8 Å². The Balaban J connectivity index is 1.40. The van der Waals surface area contributed by atoms with Crippen molar-refractivity contribution < 1.29 is 18.7 Å². The second-order valence-corrected chi connectivity index (χ2v) is 9.21. The summed E-state index contributed by atoms with van der Waals surface area (Å²) < 4.78 is 19.8. The standard InChI is InChI=1S/C23H28FN3O3/c1-14(2)25-8-10-26(11-9-25)21(28)19-18-6-7-23(30-18)13-27(22(29)20(19)23)17-5-4-16(24)12-15(17)3/h4-7,12,14,18-20H,8-11,13H2,1-3H3/t18-,19-,20-,23-/m0/s1. The van der Waals surface area contributed by atoms with E-state index in [0.29, 0.717) is 36.9 Å². The third-order valence-corrected chi connectivity index (χ3v) is 7.19. The van der Waals surface area contributed by atoms with Crippen molar-refractivity contribution in [2.45, 2.75) is 38.5 Å². The second kappa shape index (κ2) is 6.89. The number of hydrogen-bond acceptors (Lipinski definition) is 4. The molecule has 5 rings (SSSR count). The third-order valence-electron chi connectivity index (χ3n) is 7.19. The van der Waals surface area contributed by atoms with Crippen LogP contribution in [0.3, 0.4) is 0 Å². The number of amides is 2. The van der Waals surface area contributed by atoms with E-state index < -0.39 is 17.4 Å². The molecule has 4 atom stereocenters. The number of carbonyl (C=O) groups excluding carboxylic acids is 2. The topological polar surface area (TPSA) is 53.1 Å². The fourth-order valence-electron chi connectivity index (χ4n) is 5.58. The Morgan fingerprint density at radius 2 is 1.97 bits per heavy atom. The summed E-state index contributed by atoms with van der Waals surface area (Å²) in [6.07, 6.45) is 3.56. The normalized spacial score (nSPS) is 33.1. The molecule has 0 aromatic heterocycles. The number of halogens is 1. The van der Waals surface area contributed by atoms with Crippen LogP contribution in [-0.2, 0) is 14.3 Å². The molecule has 7 heteroatoms. The number of aryl methyl sites for hydroxylation is 1. The molecule has 3 saturated heterocycles. The van der Waals surface area contributed by atoms with Crippen LogP contribution in [0.25, 0.3) is 0 Å². The summed E-state index contributed by atoms with van der Waals surface area (Å²) in [5.41, 5.74) is 0.621. The second-order valence-electron chi connectivity index (χ2n) is 9.21. The molecule has 4 aliphatic rings. The summed E-state index contributed by atoms with van der Waals surface area (Å²) in [6.45, 7) is 9.54. The first-order valence-electron chi connectivity index (χ1n) is 10.8. The molecule has 4 aliphatic heterocycles. The third kappa shape index (κ3) is 2.82. The summed E-state index contributed by atoms with van der Waals surface area (Å²) in [4.78, 5) is 32.9. The van der Waals surface area contributed by atoms with Crippen LogP contribution in [0.15, 0.2) is 30.4 Å². The Hall–Kier alpha value is -2.25. The Morgan fingerprint density at radius 3 is 2.63 bits per heavy atom. The molecule has 0 saturated carbocycles. The van der Waals surface area contributed by atoms with E-state index in [0.717, 1.165) is 13.1 Å². The van der Waals surface area contributed by atoms with Gasteiger partial charge in [0.15, 0.2) is 0 Å². The molecule has 3 fully saturated rings. The lowest BCUT2D eigenvalue weighted by atomic mass is 9.76. The number of carbonyl (C=O) groups is 2. The fraction of sp³-hybridized carbons (Fsp3) is 0.565. The van der Waals surface area contributed by atoms with Crippen LogP contribution in [0.1, 0.15) is 19.4 Å². The van der Waals surface area contributed by atoms with Crippen LogP contribution in [-0.4, -0.2) is 72.1 Å². The lowest BCUT2D eigenvalue weighted by Crippen LogP contribution is -2.54. The molecular formula is C23H28FN3O3. The maximum atomic E-state index is 13.6. The van der Waals surface area contributed by atoms with Gasteiger partial charge in [0, 0.05) is 37.9 Å². The summed E-state index contributed by atoms with van der Waals surface area (Å²) in [7, 11) is 0. The zero-order valence-electron chi connectivity index (χ0n) is 17.7. The van der Waals surface area contributed by atoms with E-state index in [1.165, 1.54) is 12.1 Å². The molecular weight excluding hydrogens is 385 g/mol. The van der Waals surface area contributed by atoms with Gasteiger partial charge >= 0.3 is 0 Å². The number of fused-ring (bicyclic) bond motifs is 1. The van der Waals surface area contributed by atoms with Crippen LogP contribution in [0.5, 0.6) is 0 Å². The van der Waals surface area contributed by atoms with E-state index in [1.54, 1.807) is 17.9 Å². The molecule has 4 heterocycles. The van der Waals surface area contributed by atoms with Gasteiger partial charge in [-0.1, -0.05) is 12.2 Å². The van der Waals surface area contributed by atoms with Crippen molar-refractivity contribution in [2.75, 3.05) is 37.6 Å². The maximum Gasteiger partial charge on any atom is 0.234 e. The number of piperazine rings is 1. The van der Waals surface area contributed by atoms with Crippen LogP contribution >= 0.6 is 0 Å². The average molecular weight is 413 g/mol. The van der Waals surface area contributed by atoms with E-state index in [4.69, 9.17) is 4.74 Å². The first kappa shape index (κ1) is 19.7. The zero-order valence-corrected chi connectivity index (χ0v) is 17.7. The van der Waals surface area contributed by atoms with Crippen LogP contribution in [0.2, 0.25) is 0 Å².